The Morgan fingerprint density at radius 1 is 0.821 bits per heavy atom. The highest BCUT2D eigenvalue weighted by atomic mass is 16.5. The van der Waals surface area contributed by atoms with E-state index in [4.69, 9.17) is 24.5 Å². The van der Waals surface area contributed by atoms with Gasteiger partial charge < -0.3 is 19.3 Å². The Hall–Kier alpha value is -4.40. The molecule has 3 heterocycles. The van der Waals surface area contributed by atoms with Gasteiger partial charge in [0.05, 0.1) is 14.2 Å². The number of piperazine rings is 1. The minimum absolute atomic E-state index is 0.0169. The van der Waals surface area contributed by atoms with Crippen molar-refractivity contribution in [1.82, 2.24) is 24.6 Å². The third kappa shape index (κ3) is 6.03. The third-order valence-electron chi connectivity index (χ3n) is 6.91. The van der Waals surface area contributed by atoms with E-state index in [2.05, 4.69) is 24.0 Å². The number of pyridine rings is 1. The first-order valence-corrected chi connectivity index (χ1v) is 13.3. The van der Waals surface area contributed by atoms with Crippen molar-refractivity contribution >= 4 is 11.7 Å². The smallest absolute Gasteiger partial charge is 0.244 e. The van der Waals surface area contributed by atoms with Gasteiger partial charge in [-0.2, -0.15) is 0 Å². The van der Waals surface area contributed by atoms with Crippen LogP contribution in [0.1, 0.15) is 19.0 Å². The Balaban J connectivity index is 1.33. The summed E-state index contributed by atoms with van der Waals surface area (Å²) in [5, 5.41) is 4.74. The summed E-state index contributed by atoms with van der Waals surface area (Å²) >= 11 is 0. The number of amides is 1. The second kappa shape index (κ2) is 12.0. The van der Waals surface area contributed by atoms with Crippen molar-refractivity contribution in [2.24, 2.45) is 0 Å². The van der Waals surface area contributed by atoms with Gasteiger partial charge in [-0.3, -0.25) is 4.79 Å². The van der Waals surface area contributed by atoms with Crippen LogP contribution in [0.15, 0.2) is 66.7 Å². The molecule has 1 fully saturated rings. The van der Waals surface area contributed by atoms with E-state index >= 15 is 0 Å². The van der Waals surface area contributed by atoms with Crippen molar-refractivity contribution in [3.8, 4) is 34.3 Å². The van der Waals surface area contributed by atoms with Gasteiger partial charge in [-0.25, -0.2) is 14.6 Å². The van der Waals surface area contributed by atoms with Crippen molar-refractivity contribution < 1.29 is 14.3 Å². The first-order chi connectivity index (χ1) is 19.1. The van der Waals surface area contributed by atoms with E-state index in [0.717, 1.165) is 60.1 Å². The van der Waals surface area contributed by atoms with Crippen molar-refractivity contribution in [3.63, 3.8) is 0 Å². The Morgan fingerprint density at radius 3 is 2.08 bits per heavy atom. The highest BCUT2D eigenvalue weighted by molar-refractivity contribution is 5.77. The second-order valence-electron chi connectivity index (χ2n) is 9.48. The van der Waals surface area contributed by atoms with Crippen LogP contribution in [0.3, 0.4) is 0 Å². The van der Waals surface area contributed by atoms with Gasteiger partial charge in [0, 0.05) is 43.0 Å². The maximum atomic E-state index is 13.4. The van der Waals surface area contributed by atoms with E-state index in [1.165, 1.54) is 0 Å². The van der Waals surface area contributed by atoms with E-state index in [1.807, 2.05) is 59.5 Å². The lowest BCUT2D eigenvalue weighted by molar-refractivity contribution is -0.132. The summed E-state index contributed by atoms with van der Waals surface area (Å²) in [5.41, 5.74) is 2.82. The molecule has 1 amide bonds. The van der Waals surface area contributed by atoms with Crippen LogP contribution in [-0.4, -0.2) is 71.0 Å². The van der Waals surface area contributed by atoms with Crippen LogP contribution in [0.4, 0.5) is 5.82 Å². The van der Waals surface area contributed by atoms with Gasteiger partial charge in [0.15, 0.2) is 11.6 Å². The molecule has 9 nitrogen and oxygen atoms in total. The molecule has 1 aliphatic heterocycles. The van der Waals surface area contributed by atoms with Crippen molar-refractivity contribution in [2.75, 3.05) is 45.3 Å². The Kier molecular flexibility index (Phi) is 8.05. The molecule has 1 saturated heterocycles. The second-order valence-corrected chi connectivity index (χ2v) is 9.48. The predicted molar refractivity (Wildman–Crippen MR) is 151 cm³/mol. The zero-order valence-electron chi connectivity index (χ0n) is 22.7. The summed E-state index contributed by atoms with van der Waals surface area (Å²) in [4.78, 5) is 27.2. The van der Waals surface area contributed by atoms with Gasteiger partial charge in [-0.15, -0.1) is 5.10 Å². The predicted octanol–water partition coefficient (Wildman–Crippen LogP) is 4.33. The number of carbonyl (C=O) groups is 1. The van der Waals surface area contributed by atoms with E-state index in [-0.39, 0.29) is 12.5 Å². The van der Waals surface area contributed by atoms with E-state index in [9.17, 15) is 4.79 Å². The summed E-state index contributed by atoms with van der Waals surface area (Å²) in [7, 11) is 3.27. The first-order valence-electron chi connectivity index (χ1n) is 13.3. The normalized spacial score (nSPS) is 13.4. The molecule has 5 rings (SSSR count). The fourth-order valence-electron chi connectivity index (χ4n) is 4.72. The SMILES string of the molecule is CCCc1cccc(N2CCN(C(=O)Cn3nc(-c4ccc(OC)cc4)nc3-c3ccc(OC)cc3)CC2)n1. The third-order valence-corrected chi connectivity index (χ3v) is 6.91. The summed E-state index contributed by atoms with van der Waals surface area (Å²) in [6.45, 7) is 5.03. The Labute approximate surface area is 229 Å². The molecule has 4 aromatic rings. The number of methoxy groups -OCH3 is 2. The lowest BCUT2D eigenvalue weighted by atomic mass is 10.2. The maximum Gasteiger partial charge on any atom is 0.244 e. The minimum atomic E-state index is 0.0169. The number of benzene rings is 2. The molecule has 0 unspecified atom stereocenters. The first kappa shape index (κ1) is 26.2. The molecule has 202 valence electrons. The minimum Gasteiger partial charge on any atom is -0.497 e. The van der Waals surface area contributed by atoms with Crippen molar-refractivity contribution in [3.05, 3.63) is 72.4 Å². The molecule has 0 atom stereocenters. The van der Waals surface area contributed by atoms with Crippen LogP contribution in [0.2, 0.25) is 0 Å². The lowest BCUT2D eigenvalue weighted by Gasteiger charge is -2.35. The molecule has 2 aromatic carbocycles. The molecule has 39 heavy (non-hydrogen) atoms. The van der Waals surface area contributed by atoms with Crippen LogP contribution in [0.25, 0.3) is 22.8 Å². The van der Waals surface area contributed by atoms with E-state index in [1.54, 1.807) is 18.9 Å². The topological polar surface area (TPSA) is 85.6 Å². The van der Waals surface area contributed by atoms with Crippen molar-refractivity contribution in [1.29, 1.82) is 0 Å². The fraction of sp³-hybridized carbons (Fsp3) is 0.333. The molecule has 1 aliphatic rings. The Bertz CT molecular complexity index is 1390. The highest BCUT2D eigenvalue weighted by Crippen LogP contribution is 2.26. The fourth-order valence-corrected chi connectivity index (χ4v) is 4.72. The molecule has 0 aliphatic carbocycles. The Morgan fingerprint density at radius 2 is 1.46 bits per heavy atom. The van der Waals surface area contributed by atoms with Gasteiger partial charge in [-0.1, -0.05) is 19.4 Å². The summed E-state index contributed by atoms with van der Waals surface area (Å²) in [6, 6.07) is 21.4. The molecule has 0 spiro atoms. The average molecular weight is 527 g/mol. The van der Waals surface area contributed by atoms with Crippen LogP contribution >= 0.6 is 0 Å². The van der Waals surface area contributed by atoms with Gasteiger partial charge in [-0.05, 0) is 67.1 Å². The molecule has 2 aromatic heterocycles. The van der Waals surface area contributed by atoms with Gasteiger partial charge in [0.1, 0.15) is 23.9 Å². The molecule has 9 heteroatoms. The standard InChI is InChI=1S/C30H34N6O3/c1-4-6-24-7-5-8-27(31-24)34-17-19-35(20-18-34)28(37)21-36-30(23-11-15-26(39-3)16-12-23)32-29(33-36)22-9-13-25(38-2)14-10-22/h5,7-16H,4,6,17-21H2,1-3H3. The number of ether oxygens (including phenoxy) is 2. The number of hydrogen-bond donors (Lipinski definition) is 0. The number of anilines is 1. The van der Waals surface area contributed by atoms with E-state index in [0.29, 0.717) is 24.7 Å². The quantitative estimate of drug-likeness (QED) is 0.321. The zero-order chi connectivity index (χ0) is 27.2. The lowest BCUT2D eigenvalue weighted by Crippen LogP contribution is -2.50. The van der Waals surface area contributed by atoms with Crippen LogP contribution in [0, 0.1) is 0 Å². The maximum absolute atomic E-state index is 13.4. The summed E-state index contributed by atoms with van der Waals surface area (Å²) < 4.78 is 12.3. The molecule has 0 saturated carbocycles. The van der Waals surface area contributed by atoms with Gasteiger partial charge in [0.2, 0.25) is 5.91 Å². The van der Waals surface area contributed by atoms with E-state index < -0.39 is 0 Å². The molecular formula is C30H34N6O3. The number of aryl methyl sites for hydroxylation is 1. The van der Waals surface area contributed by atoms with Crippen LogP contribution in [-0.2, 0) is 17.8 Å². The largest absolute Gasteiger partial charge is 0.497 e. The highest BCUT2D eigenvalue weighted by Gasteiger charge is 2.24. The molecular weight excluding hydrogens is 492 g/mol. The number of rotatable bonds is 9. The average Bonchev–Trinajstić information content (AvgIpc) is 3.41. The number of hydrogen-bond acceptors (Lipinski definition) is 7. The molecule has 0 N–H and O–H groups in total. The van der Waals surface area contributed by atoms with Crippen LogP contribution in [0.5, 0.6) is 11.5 Å². The van der Waals surface area contributed by atoms with Gasteiger partial charge in [0.25, 0.3) is 0 Å². The molecule has 0 bridgehead atoms. The number of carbonyl (C=O) groups excluding carboxylic acids is 1. The molecule has 0 radical (unpaired) electrons. The number of aromatic nitrogens is 4. The monoisotopic (exact) mass is 526 g/mol. The van der Waals surface area contributed by atoms with Crippen molar-refractivity contribution in [2.45, 2.75) is 26.3 Å². The number of nitrogens with zero attached hydrogens (tertiary/aromatic N) is 6. The van der Waals surface area contributed by atoms with Crippen LogP contribution < -0.4 is 14.4 Å². The zero-order valence-corrected chi connectivity index (χ0v) is 22.7. The summed E-state index contributed by atoms with van der Waals surface area (Å²) in [5.74, 6) is 3.70. The van der Waals surface area contributed by atoms with Gasteiger partial charge >= 0.3 is 0 Å². The summed E-state index contributed by atoms with van der Waals surface area (Å²) in [6.07, 6.45) is 2.04.